The minimum Gasteiger partial charge on any atom is -0.508 e. The van der Waals surface area contributed by atoms with Crippen LogP contribution in [0.4, 0.5) is 5.69 Å². The van der Waals surface area contributed by atoms with Crippen molar-refractivity contribution in [1.82, 2.24) is 15.2 Å². The summed E-state index contributed by atoms with van der Waals surface area (Å²) < 4.78 is 7.92. The predicted octanol–water partition coefficient (Wildman–Crippen LogP) is 5.38. The van der Waals surface area contributed by atoms with Crippen LogP contribution in [0.2, 0.25) is 0 Å². The predicted molar refractivity (Wildman–Crippen MR) is 112 cm³/mol. The van der Waals surface area contributed by atoms with E-state index in [1.54, 1.807) is 18.2 Å². The van der Waals surface area contributed by atoms with Gasteiger partial charge < -0.3 is 15.2 Å². The fourth-order valence-electron chi connectivity index (χ4n) is 2.73. The Morgan fingerprint density at radius 2 is 2.04 bits per heavy atom. The molecule has 0 amide bonds. The first-order valence-electron chi connectivity index (χ1n) is 8.14. The van der Waals surface area contributed by atoms with E-state index in [0.29, 0.717) is 16.7 Å². The van der Waals surface area contributed by atoms with Gasteiger partial charge in [-0.3, -0.25) is 0 Å². The van der Waals surface area contributed by atoms with Crippen LogP contribution in [0.15, 0.2) is 50.5 Å². The zero-order chi connectivity index (χ0) is 19.0. The maximum atomic E-state index is 9.93. The molecule has 1 unspecified atom stereocenters. The normalized spacial score (nSPS) is 15.1. The topological polar surface area (TPSA) is 80.2 Å². The molecular weight excluding hydrogens is 496 g/mol. The molecule has 138 valence electrons. The minimum atomic E-state index is -0.566. The van der Waals surface area contributed by atoms with Gasteiger partial charge in [-0.15, -0.1) is 10.2 Å². The van der Waals surface area contributed by atoms with E-state index in [9.17, 15) is 5.11 Å². The number of phenols is 1. The minimum absolute atomic E-state index is 0.155. The van der Waals surface area contributed by atoms with Gasteiger partial charge in [0.1, 0.15) is 5.75 Å². The smallest absolute Gasteiger partial charge is 0.247 e. The van der Waals surface area contributed by atoms with Crippen LogP contribution in [-0.2, 0) is 0 Å². The highest BCUT2D eigenvalue weighted by Gasteiger charge is 2.27. The molecular formula is C18H14Br2N4O2S. The van der Waals surface area contributed by atoms with Gasteiger partial charge >= 0.3 is 0 Å². The van der Waals surface area contributed by atoms with E-state index in [4.69, 9.17) is 4.74 Å². The third-order valence-electron chi connectivity index (χ3n) is 3.92. The van der Waals surface area contributed by atoms with Crippen molar-refractivity contribution >= 4 is 49.3 Å². The molecule has 1 aromatic heterocycles. The number of benzene rings is 2. The number of nitrogens with one attached hydrogen (secondary N) is 1. The van der Waals surface area contributed by atoms with Gasteiger partial charge in [-0.2, -0.15) is 4.98 Å². The Labute approximate surface area is 177 Å². The van der Waals surface area contributed by atoms with E-state index in [1.807, 2.05) is 25.1 Å². The van der Waals surface area contributed by atoms with Crippen molar-refractivity contribution in [2.45, 2.75) is 18.3 Å². The van der Waals surface area contributed by atoms with Crippen molar-refractivity contribution in [1.29, 1.82) is 0 Å². The molecule has 27 heavy (non-hydrogen) atoms. The molecule has 0 saturated heterocycles. The fraction of sp³-hybridized carbons (Fsp3) is 0.167. The number of aromatic nitrogens is 3. The van der Waals surface area contributed by atoms with E-state index >= 15 is 0 Å². The molecule has 0 spiro atoms. The van der Waals surface area contributed by atoms with Crippen LogP contribution in [0.5, 0.6) is 11.6 Å². The van der Waals surface area contributed by atoms with Crippen molar-refractivity contribution in [2.24, 2.45) is 0 Å². The van der Waals surface area contributed by atoms with Crippen molar-refractivity contribution < 1.29 is 9.84 Å². The number of nitrogens with zero attached hydrogens (tertiary/aromatic N) is 3. The molecule has 4 rings (SSSR count). The number of hydrogen-bond donors (Lipinski definition) is 2. The number of aromatic hydroxyl groups is 1. The van der Waals surface area contributed by atoms with Gasteiger partial charge in [-0.1, -0.05) is 50.5 Å². The number of hydrogen-bond acceptors (Lipinski definition) is 7. The highest BCUT2D eigenvalue weighted by Crippen LogP contribution is 2.42. The summed E-state index contributed by atoms with van der Waals surface area (Å²) in [6, 6.07) is 10.9. The van der Waals surface area contributed by atoms with Crippen molar-refractivity contribution in [3.8, 4) is 22.9 Å². The summed E-state index contributed by atoms with van der Waals surface area (Å²) >= 11 is 8.54. The van der Waals surface area contributed by atoms with Crippen LogP contribution in [0, 0.1) is 0 Å². The Morgan fingerprint density at radius 3 is 2.85 bits per heavy atom. The van der Waals surface area contributed by atoms with Crippen LogP contribution in [0.3, 0.4) is 0 Å². The summed E-state index contributed by atoms with van der Waals surface area (Å²) in [7, 11) is 0. The third-order valence-corrected chi connectivity index (χ3v) is 5.86. The van der Waals surface area contributed by atoms with E-state index in [0.717, 1.165) is 31.5 Å². The lowest BCUT2D eigenvalue weighted by Crippen LogP contribution is -2.17. The lowest BCUT2D eigenvalue weighted by atomic mass is 10.1. The van der Waals surface area contributed by atoms with E-state index in [-0.39, 0.29) is 5.75 Å². The Bertz CT molecular complexity index is 1020. The van der Waals surface area contributed by atoms with Crippen LogP contribution >= 0.6 is 43.6 Å². The standard InChI is InChI=1S/C18H14Br2N4O2S/c1-2-27-18-22-17-15(23-24-18)12-7-9(19)3-6-14(12)21-16(26-17)11-8-10(25)4-5-13(11)20/h3-8,16,21,25H,2H2,1H3. The van der Waals surface area contributed by atoms with Crippen molar-refractivity contribution in [3.05, 3.63) is 50.9 Å². The van der Waals surface area contributed by atoms with Gasteiger partial charge in [0.15, 0.2) is 11.9 Å². The quantitative estimate of drug-likeness (QED) is 0.458. The number of fused-ring (bicyclic) bond motifs is 3. The number of ether oxygens (including phenoxy) is 1. The molecule has 1 aliphatic heterocycles. The third kappa shape index (κ3) is 3.76. The zero-order valence-corrected chi connectivity index (χ0v) is 18.1. The van der Waals surface area contributed by atoms with Gasteiger partial charge in [0.25, 0.3) is 0 Å². The number of halogens is 2. The number of rotatable bonds is 3. The van der Waals surface area contributed by atoms with Gasteiger partial charge in [0.2, 0.25) is 11.0 Å². The van der Waals surface area contributed by atoms with Crippen LogP contribution < -0.4 is 10.1 Å². The largest absolute Gasteiger partial charge is 0.508 e. The summed E-state index contributed by atoms with van der Waals surface area (Å²) in [5.41, 5.74) is 2.99. The lowest BCUT2D eigenvalue weighted by Gasteiger charge is -2.20. The Hall–Kier alpha value is -1.84. The molecule has 0 bridgehead atoms. The first-order chi connectivity index (χ1) is 13.0. The number of phenolic OH excluding ortho intramolecular Hbond substituents is 1. The van der Waals surface area contributed by atoms with Crippen LogP contribution in [0.1, 0.15) is 18.7 Å². The van der Waals surface area contributed by atoms with E-state index in [1.165, 1.54) is 11.8 Å². The molecule has 1 atom stereocenters. The summed E-state index contributed by atoms with van der Waals surface area (Å²) in [5, 5.41) is 22.4. The second-order valence-corrected chi connectivity index (χ2v) is 8.72. The number of thioether (sulfide) groups is 1. The first-order valence-corrected chi connectivity index (χ1v) is 10.7. The van der Waals surface area contributed by atoms with Crippen molar-refractivity contribution in [2.75, 3.05) is 11.1 Å². The molecule has 2 aromatic carbocycles. The Kier molecular flexibility index (Phi) is 5.25. The molecule has 0 saturated carbocycles. The first kappa shape index (κ1) is 18.5. The molecule has 6 nitrogen and oxygen atoms in total. The van der Waals surface area contributed by atoms with Gasteiger partial charge in [0.05, 0.1) is 0 Å². The molecule has 3 aromatic rings. The monoisotopic (exact) mass is 508 g/mol. The van der Waals surface area contributed by atoms with Gasteiger partial charge in [0, 0.05) is 25.8 Å². The van der Waals surface area contributed by atoms with E-state index < -0.39 is 6.23 Å². The second-order valence-electron chi connectivity index (χ2n) is 5.72. The SMILES string of the molecule is CCSc1nnc2c(n1)OC(c1cc(O)ccc1Br)Nc1ccc(Br)cc1-2. The van der Waals surface area contributed by atoms with Crippen LogP contribution in [-0.4, -0.2) is 26.0 Å². The van der Waals surface area contributed by atoms with Gasteiger partial charge in [-0.05, 0) is 42.2 Å². The molecule has 0 fully saturated rings. The maximum Gasteiger partial charge on any atom is 0.247 e. The summed E-state index contributed by atoms with van der Waals surface area (Å²) in [6.45, 7) is 2.03. The molecule has 2 N–H and O–H groups in total. The summed E-state index contributed by atoms with van der Waals surface area (Å²) in [4.78, 5) is 4.55. The van der Waals surface area contributed by atoms with Crippen molar-refractivity contribution in [3.63, 3.8) is 0 Å². The fourth-order valence-corrected chi connectivity index (χ4v) is 4.05. The average molecular weight is 510 g/mol. The highest BCUT2D eigenvalue weighted by atomic mass is 79.9. The second kappa shape index (κ2) is 7.65. The molecule has 2 heterocycles. The zero-order valence-electron chi connectivity index (χ0n) is 14.1. The lowest BCUT2D eigenvalue weighted by molar-refractivity contribution is 0.224. The van der Waals surface area contributed by atoms with Gasteiger partial charge in [-0.25, -0.2) is 0 Å². The maximum absolute atomic E-state index is 9.93. The molecule has 0 radical (unpaired) electrons. The number of anilines is 1. The molecule has 1 aliphatic rings. The molecule has 0 aliphatic carbocycles. The molecule has 9 heteroatoms. The highest BCUT2D eigenvalue weighted by molar-refractivity contribution is 9.10. The van der Waals surface area contributed by atoms with Crippen LogP contribution in [0.25, 0.3) is 11.3 Å². The summed E-state index contributed by atoms with van der Waals surface area (Å²) in [6.07, 6.45) is -0.566. The summed E-state index contributed by atoms with van der Waals surface area (Å²) in [5.74, 6) is 1.38. The Balaban J connectivity index is 1.88. The van der Waals surface area contributed by atoms with E-state index in [2.05, 4.69) is 52.4 Å². The Morgan fingerprint density at radius 1 is 1.19 bits per heavy atom. The average Bonchev–Trinajstić information content (AvgIpc) is 2.80.